The molecular formula is C19H13NO8. The van der Waals surface area contributed by atoms with Crippen LogP contribution >= 0.6 is 0 Å². The molecule has 0 aliphatic heterocycles. The topological polar surface area (TPSA) is 147 Å². The predicted molar refractivity (Wildman–Crippen MR) is 94.5 cm³/mol. The van der Waals surface area contributed by atoms with Gasteiger partial charge in [0.05, 0.1) is 29.5 Å². The molecule has 9 nitrogen and oxygen atoms in total. The molecule has 1 amide bonds. The first kappa shape index (κ1) is 18.8. The minimum Gasteiger partial charge on any atom is -0.497 e. The van der Waals surface area contributed by atoms with Crippen molar-refractivity contribution in [2.75, 3.05) is 12.4 Å². The maximum Gasteiger partial charge on any atom is 0.336 e. The summed E-state index contributed by atoms with van der Waals surface area (Å²) in [5, 5.41) is 21.0. The van der Waals surface area contributed by atoms with Gasteiger partial charge in [0.1, 0.15) is 5.75 Å². The summed E-state index contributed by atoms with van der Waals surface area (Å²) in [5.41, 5.74) is -1.89. The minimum atomic E-state index is -1.55. The van der Waals surface area contributed by atoms with Crippen LogP contribution in [0, 0.1) is 0 Å². The number of carbonyl (C=O) groups is 5. The number of aromatic carboxylic acids is 2. The monoisotopic (exact) mass is 383 g/mol. The fourth-order valence-corrected chi connectivity index (χ4v) is 3.05. The lowest BCUT2D eigenvalue weighted by Crippen LogP contribution is -2.25. The number of carbonyl (C=O) groups excluding carboxylic acids is 3. The van der Waals surface area contributed by atoms with Gasteiger partial charge < -0.3 is 20.3 Å². The Labute approximate surface area is 157 Å². The summed E-state index contributed by atoms with van der Waals surface area (Å²) >= 11 is 0. The van der Waals surface area contributed by atoms with Crippen LogP contribution in [0.25, 0.3) is 0 Å². The summed E-state index contributed by atoms with van der Waals surface area (Å²) in [5.74, 6) is -4.79. The van der Waals surface area contributed by atoms with Crippen molar-refractivity contribution in [1.29, 1.82) is 0 Å². The summed E-state index contributed by atoms with van der Waals surface area (Å²) in [6.07, 6.45) is 0. The van der Waals surface area contributed by atoms with E-state index in [1.54, 1.807) is 0 Å². The van der Waals surface area contributed by atoms with E-state index in [0.717, 1.165) is 12.1 Å². The van der Waals surface area contributed by atoms with Gasteiger partial charge in [-0.3, -0.25) is 14.4 Å². The van der Waals surface area contributed by atoms with E-state index in [1.165, 1.54) is 26.2 Å². The normalized spacial score (nSPS) is 12.1. The highest BCUT2D eigenvalue weighted by molar-refractivity contribution is 6.31. The number of carboxylic acid groups (broad SMARTS) is 2. The van der Waals surface area contributed by atoms with E-state index in [4.69, 9.17) is 4.74 Å². The van der Waals surface area contributed by atoms with E-state index < -0.39 is 40.5 Å². The van der Waals surface area contributed by atoms with Gasteiger partial charge >= 0.3 is 11.9 Å². The van der Waals surface area contributed by atoms with Crippen molar-refractivity contribution >= 4 is 35.1 Å². The highest BCUT2D eigenvalue weighted by atomic mass is 16.5. The summed E-state index contributed by atoms with van der Waals surface area (Å²) in [4.78, 5) is 60.3. The zero-order valence-corrected chi connectivity index (χ0v) is 14.7. The fraction of sp³-hybridized carbons (Fsp3) is 0.105. The molecule has 0 unspecified atom stereocenters. The largest absolute Gasteiger partial charge is 0.497 e. The summed E-state index contributed by atoms with van der Waals surface area (Å²) in [6.45, 7) is 1.22. The molecule has 1 aliphatic rings. The molecule has 28 heavy (non-hydrogen) atoms. The molecule has 3 N–H and O–H groups in total. The van der Waals surface area contributed by atoms with E-state index in [9.17, 15) is 34.2 Å². The molecule has 0 atom stereocenters. The molecule has 0 fully saturated rings. The Morgan fingerprint density at radius 1 is 0.857 bits per heavy atom. The zero-order valence-electron chi connectivity index (χ0n) is 14.7. The first-order valence-corrected chi connectivity index (χ1v) is 7.89. The zero-order chi connectivity index (χ0) is 20.7. The van der Waals surface area contributed by atoms with Crippen LogP contribution in [-0.4, -0.2) is 46.7 Å². The number of benzene rings is 2. The summed E-state index contributed by atoms with van der Waals surface area (Å²) in [6, 6.07) is 4.41. The van der Waals surface area contributed by atoms with Crippen LogP contribution < -0.4 is 10.1 Å². The number of fused-ring (bicyclic) bond motifs is 2. The molecule has 0 spiro atoms. The molecule has 0 radical (unpaired) electrons. The smallest absolute Gasteiger partial charge is 0.336 e. The first-order chi connectivity index (χ1) is 13.1. The third kappa shape index (κ3) is 2.88. The Hall–Kier alpha value is -4.01. The molecule has 0 heterocycles. The van der Waals surface area contributed by atoms with Gasteiger partial charge in [0.2, 0.25) is 5.91 Å². The molecular weight excluding hydrogens is 370 g/mol. The van der Waals surface area contributed by atoms with Crippen molar-refractivity contribution in [2.24, 2.45) is 0 Å². The third-order valence-corrected chi connectivity index (χ3v) is 4.24. The van der Waals surface area contributed by atoms with Crippen LogP contribution in [-0.2, 0) is 4.79 Å². The van der Waals surface area contributed by atoms with Crippen LogP contribution in [0.2, 0.25) is 0 Å². The van der Waals surface area contributed by atoms with Crippen molar-refractivity contribution in [3.05, 3.63) is 57.6 Å². The standard InChI is InChI=1S/C19H13NO8/c1-7(21)20-14-4-8(28-2)3-13-15(14)17(23)10-6-12(19(26)27)11(18(24)25)5-9(10)16(13)22/h3-6H,1-2H3,(H,20,21)(H,24,25)(H,26,27). The molecule has 2 aromatic rings. The molecule has 9 heteroatoms. The van der Waals surface area contributed by atoms with E-state index >= 15 is 0 Å². The van der Waals surface area contributed by atoms with Gasteiger partial charge in [-0.15, -0.1) is 0 Å². The maximum absolute atomic E-state index is 13.0. The van der Waals surface area contributed by atoms with Gasteiger partial charge in [0.15, 0.2) is 11.6 Å². The first-order valence-electron chi connectivity index (χ1n) is 7.89. The number of rotatable bonds is 4. The van der Waals surface area contributed by atoms with E-state index in [2.05, 4.69) is 5.32 Å². The SMILES string of the molecule is COc1cc(NC(C)=O)c2c(c1)C(=O)c1cc(C(=O)O)c(C(=O)O)cc1C2=O. The van der Waals surface area contributed by atoms with E-state index in [1.807, 2.05) is 0 Å². The van der Waals surface area contributed by atoms with Crippen molar-refractivity contribution in [3.63, 3.8) is 0 Å². The number of methoxy groups -OCH3 is 1. The van der Waals surface area contributed by atoms with Gasteiger partial charge in [0.25, 0.3) is 0 Å². The maximum atomic E-state index is 13.0. The lowest BCUT2D eigenvalue weighted by molar-refractivity contribution is -0.114. The van der Waals surface area contributed by atoms with Gasteiger partial charge in [-0.2, -0.15) is 0 Å². The van der Waals surface area contributed by atoms with Gasteiger partial charge in [-0.1, -0.05) is 0 Å². The number of amides is 1. The van der Waals surface area contributed by atoms with Crippen LogP contribution in [0.3, 0.4) is 0 Å². The molecule has 0 aromatic heterocycles. The molecule has 1 aliphatic carbocycles. The Bertz CT molecular complexity index is 1100. The van der Waals surface area contributed by atoms with Crippen LogP contribution in [0.1, 0.15) is 59.5 Å². The van der Waals surface area contributed by atoms with Gasteiger partial charge in [-0.25, -0.2) is 9.59 Å². The number of anilines is 1. The van der Waals surface area contributed by atoms with Crippen molar-refractivity contribution in [1.82, 2.24) is 0 Å². The number of ether oxygens (including phenoxy) is 1. The fourth-order valence-electron chi connectivity index (χ4n) is 3.05. The molecule has 0 bridgehead atoms. The van der Waals surface area contributed by atoms with Crippen LogP contribution in [0.5, 0.6) is 5.75 Å². The Balaban J connectivity index is 2.33. The second-order valence-corrected chi connectivity index (χ2v) is 5.99. The highest BCUT2D eigenvalue weighted by Gasteiger charge is 2.35. The second-order valence-electron chi connectivity index (χ2n) is 5.99. The van der Waals surface area contributed by atoms with Crippen molar-refractivity contribution in [3.8, 4) is 5.75 Å². The lowest BCUT2D eigenvalue weighted by Gasteiger charge is -2.22. The lowest BCUT2D eigenvalue weighted by atomic mass is 9.81. The Morgan fingerprint density at radius 3 is 1.86 bits per heavy atom. The number of carboxylic acids is 2. The highest BCUT2D eigenvalue weighted by Crippen LogP contribution is 2.36. The number of nitrogens with one attached hydrogen (secondary N) is 1. The number of hydrogen-bond acceptors (Lipinski definition) is 6. The average molecular weight is 383 g/mol. The predicted octanol–water partition coefficient (Wildman–Crippen LogP) is 1.83. The molecule has 0 saturated heterocycles. The minimum absolute atomic E-state index is 0.0324. The molecule has 0 saturated carbocycles. The molecule has 3 rings (SSSR count). The van der Waals surface area contributed by atoms with Crippen molar-refractivity contribution < 1.29 is 38.9 Å². The van der Waals surface area contributed by atoms with E-state index in [-0.39, 0.29) is 33.7 Å². The Morgan fingerprint density at radius 2 is 1.39 bits per heavy atom. The molecule has 142 valence electrons. The molecule has 2 aromatic carbocycles. The number of ketones is 2. The average Bonchev–Trinajstić information content (AvgIpc) is 2.63. The Kier molecular flexibility index (Phi) is 4.44. The van der Waals surface area contributed by atoms with Crippen LogP contribution in [0.15, 0.2) is 24.3 Å². The van der Waals surface area contributed by atoms with Crippen LogP contribution in [0.4, 0.5) is 5.69 Å². The number of hydrogen-bond donors (Lipinski definition) is 3. The quantitative estimate of drug-likeness (QED) is 0.618. The van der Waals surface area contributed by atoms with Gasteiger partial charge in [-0.05, 0) is 18.2 Å². The van der Waals surface area contributed by atoms with Crippen molar-refractivity contribution in [2.45, 2.75) is 6.92 Å². The summed E-state index contributed by atoms with van der Waals surface area (Å²) < 4.78 is 5.10. The van der Waals surface area contributed by atoms with E-state index in [0.29, 0.717) is 0 Å². The summed E-state index contributed by atoms with van der Waals surface area (Å²) in [7, 11) is 1.34. The third-order valence-electron chi connectivity index (χ3n) is 4.24. The van der Waals surface area contributed by atoms with Gasteiger partial charge in [0, 0.05) is 29.7 Å². The second kappa shape index (κ2) is 6.62.